The second-order valence-electron chi connectivity index (χ2n) is 6.78. The van der Waals surface area contributed by atoms with E-state index in [0.29, 0.717) is 35.2 Å². The number of ether oxygens (including phenoxy) is 2. The lowest BCUT2D eigenvalue weighted by Crippen LogP contribution is -2.33. The first-order valence-electron chi connectivity index (χ1n) is 8.88. The van der Waals surface area contributed by atoms with Crippen molar-refractivity contribution in [3.8, 4) is 0 Å². The molecule has 1 aliphatic rings. The third kappa shape index (κ3) is 3.87. The van der Waals surface area contributed by atoms with Gasteiger partial charge in [0.1, 0.15) is 17.7 Å². The van der Waals surface area contributed by atoms with Gasteiger partial charge in [-0.05, 0) is 13.8 Å². The number of halogens is 1. The van der Waals surface area contributed by atoms with Gasteiger partial charge >= 0.3 is 6.09 Å². The van der Waals surface area contributed by atoms with E-state index >= 15 is 0 Å². The minimum absolute atomic E-state index is 0.0224. The summed E-state index contributed by atoms with van der Waals surface area (Å²) in [7, 11) is 0. The summed E-state index contributed by atoms with van der Waals surface area (Å²) in [6.07, 6.45) is 4.47. The summed E-state index contributed by atoms with van der Waals surface area (Å²) in [4.78, 5) is 16.0. The van der Waals surface area contributed by atoms with Crippen LogP contribution >= 0.6 is 11.6 Å². The molecule has 2 atom stereocenters. The Kier molecular flexibility index (Phi) is 5.05. The van der Waals surface area contributed by atoms with Crippen molar-refractivity contribution in [3.05, 3.63) is 35.4 Å². The zero-order chi connectivity index (χ0) is 19.7. The molecule has 1 saturated heterocycles. The van der Waals surface area contributed by atoms with Gasteiger partial charge in [-0.25, -0.2) is 14.3 Å². The van der Waals surface area contributed by atoms with Crippen LogP contribution in [0.4, 0.5) is 16.4 Å². The molecule has 0 aromatic carbocycles. The third-order valence-electron chi connectivity index (χ3n) is 4.22. The summed E-state index contributed by atoms with van der Waals surface area (Å²) in [5.41, 5.74) is 1.44. The number of carbonyl (C=O) groups is 1. The van der Waals surface area contributed by atoms with Crippen molar-refractivity contribution >= 4 is 34.8 Å². The molecule has 3 N–H and O–H groups in total. The van der Waals surface area contributed by atoms with Crippen molar-refractivity contribution in [3.63, 3.8) is 0 Å². The highest BCUT2D eigenvalue weighted by Crippen LogP contribution is 2.31. The number of carbonyl (C=O) groups excluding carboxylic acids is 1. The number of alkyl carbamates (subject to hydrolysis) is 1. The van der Waals surface area contributed by atoms with E-state index in [4.69, 9.17) is 21.1 Å². The molecule has 148 valence electrons. The van der Waals surface area contributed by atoms with Gasteiger partial charge < -0.3 is 20.1 Å². The van der Waals surface area contributed by atoms with Crippen molar-refractivity contribution in [1.82, 2.24) is 30.1 Å². The summed E-state index contributed by atoms with van der Waals surface area (Å²) in [6.45, 7) is 4.09. The molecule has 0 aliphatic carbocycles. The molecule has 11 heteroatoms. The van der Waals surface area contributed by atoms with Crippen LogP contribution in [-0.2, 0) is 9.47 Å². The van der Waals surface area contributed by atoms with Gasteiger partial charge in [-0.2, -0.15) is 10.2 Å². The Morgan fingerprint density at radius 1 is 1.50 bits per heavy atom. The maximum absolute atomic E-state index is 11.7. The van der Waals surface area contributed by atoms with E-state index in [1.807, 2.05) is 19.9 Å². The number of aromatic nitrogens is 5. The lowest BCUT2D eigenvalue weighted by molar-refractivity contribution is 0.0682. The SMILES string of the molecule is CC(C)NC(=O)OC1COC(c2cc(Nc3nccn4ncc(Cl)c34)n[nH]2)C1. The zero-order valence-corrected chi connectivity index (χ0v) is 16.1. The number of hydrogen-bond acceptors (Lipinski definition) is 7. The molecule has 10 nitrogen and oxygen atoms in total. The van der Waals surface area contributed by atoms with Crippen LogP contribution in [0.3, 0.4) is 0 Å². The van der Waals surface area contributed by atoms with Gasteiger partial charge in [0.05, 0.1) is 23.5 Å². The molecular weight excluding hydrogens is 386 g/mol. The van der Waals surface area contributed by atoms with Crippen molar-refractivity contribution < 1.29 is 14.3 Å². The number of hydrogen-bond donors (Lipinski definition) is 3. The van der Waals surface area contributed by atoms with Crippen molar-refractivity contribution in [1.29, 1.82) is 0 Å². The summed E-state index contributed by atoms with van der Waals surface area (Å²) >= 11 is 6.18. The van der Waals surface area contributed by atoms with Crippen LogP contribution < -0.4 is 10.6 Å². The number of rotatable bonds is 5. The highest BCUT2D eigenvalue weighted by molar-refractivity contribution is 6.34. The minimum atomic E-state index is -0.437. The van der Waals surface area contributed by atoms with Crippen molar-refractivity contribution in [2.45, 2.75) is 38.5 Å². The Morgan fingerprint density at radius 2 is 2.36 bits per heavy atom. The molecule has 4 heterocycles. The molecule has 1 aliphatic heterocycles. The number of nitrogens with zero attached hydrogens (tertiary/aromatic N) is 4. The van der Waals surface area contributed by atoms with Gasteiger partial charge in [0.15, 0.2) is 11.6 Å². The molecule has 3 aromatic heterocycles. The van der Waals surface area contributed by atoms with Crippen molar-refractivity contribution in [2.75, 3.05) is 11.9 Å². The summed E-state index contributed by atoms with van der Waals surface area (Å²) in [5.74, 6) is 1.11. The van der Waals surface area contributed by atoms with E-state index in [1.54, 1.807) is 23.1 Å². The molecule has 1 amide bonds. The second-order valence-corrected chi connectivity index (χ2v) is 7.19. The predicted molar refractivity (Wildman–Crippen MR) is 102 cm³/mol. The highest BCUT2D eigenvalue weighted by atomic mass is 35.5. The maximum Gasteiger partial charge on any atom is 0.407 e. The van der Waals surface area contributed by atoms with Crippen LogP contribution in [0.2, 0.25) is 5.02 Å². The summed E-state index contributed by atoms with van der Waals surface area (Å²) in [6, 6.07) is 1.85. The largest absolute Gasteiger partial charge is 0.444 e. The number of fused-ring (bicyclic) bond motifs is 1. The molecule has 4 rings (SSSR count). The Morgan fingerprint density at radius 3 is 3.18 bits per heavy atom. The first-order valence-corrected chi connectivity index (χ1v) is 9.26. The fourth-order valence-corrected chi connectivity index (χ4v) is 3.22. The lowest BCUT2D eigenvalue weighted by Gasteiger charge is -2.13. The Balaban J connectivity index is 1.41. The average Bonchev–Trinajstić information content (AvgIpc) is 3.35. The maximum atomic E-state index is 11.7. The van der Waals surface area contributed by atoms with Gasteiger partial charge in [0.2, 0.25) is 0 Å². The number of aromatic amines is 1. The minimum Gasteiger partial charge on any atom is -0.444 e. The molecule has 28 heavy (non-hydrogen) atoms. The Labute approximate surface area is 165 Å². The van der Waals surface area contributed by atoms with Crippen LogP contribution in [0.15, 0.2) is 24.7 Å². The van der Waals surface area contributed by atoms with Gasteiger partial charge in [-0.1, -0.05) is 11.6 Å². The normalized spacial score (nSPS) is 19.3. The molecule has 0 saturated carbocycles. The molecule has 3 aromatic rings. The average molecular weight is 406 g/mol. The Bertz CT molecular complexity index is 986. The third-order valence-corrected chi connectivity index (χ3v) is 4.49. The molecule has 0 spiro atoms. The van der Waals surface area contributed by atoms with Crippen LogP contribution in [0.5, 0.6) is 0 Å². The van der Waals surface area contributed by atoms with Crippen LogP contribution in [0, 0.1) is 0 Å². The van der Waals surface area contributed by atoms with E-state index in [2.05, 4.69) is 30.9 Å². The fourth-order valence-electron chi connectivity index (χ4n) is 3.00. The molecule has 1 fully saturated rings. The second kappa shape index (κ2) is 7.64. The smallest absolute Gasteiger partial charge is 0.407 e. The summed E-state index contributed by atoms with van der Waals surface area (Å²) < 4.78 is 12.7. The number of anilines is 2. The lowest BCUT2D eigenvalue weighted by atomic mass is 10.1. The first kappa shape index (κ1) is 18.5. The van der Waals surface area contributed by atoms with E-state index in [-0.39, 0.29) is 18.2 Å². The van der Waals surface area contributed by atoms with Gasteiger partial charge in [-0.3, -0.25) is 5.10 Å². The van der Waals surface area contributed by atoms with E-state index in [9.17, 15) is 4.79 Å². The van der Waals surface area contributed by atoms with Crippen LogP contribution in [0.25, 0.3) is 5.52 Å². The summed E-state index contributed by atoms with van der Waals surface area (Å²) in [5, 5.41) is 17.7. The van der Waals surface area contributed by atoms with Crippen LogP contribution in [0.1, 0.15) is 32.1 Å². The van der Waals surface area contributed by atoms with Crippen LogP contribution in [-0.4, -0.2) is 49.6 Å². The van der Waals surface area contributed by atoms with Gasteiger partial charge in [0.25, 0.3) is 0 Å². The number of amides is 1. The monoisotopic (exact) mass is 405 g/mol. The zero-order valence-electron chi connectivity index (χ0n) is 15.3. The molecule has 0 bridgehead atoms. The topological polar surface area (TPSA) is 118 Å². The van der Waals surface area contributed by atoms with E-state index in [1.165, 1.54) is 0 Å². The van der Waals surface area contributed by atoms with Gasteiger partial charge in [0, 0.05) is 30.9 Å². The molecular formula is C17H20ClN7O3. The number of nitrogens with one attached hydrogen (secondary N) is 3. The molecule has 0 radical (unpaired) electrons. The fraction of sp³-hybridized carbons (Fsp3) is 0.412. The standard InChI is InChI=1S/C17H20ClN7O3/c1-9(2)21-17(26)28-10-5-13(27-8-10)12-6-14(24-23-12)22-16-15-11(18)7-20-25(15)4-3-19-16/h3-4,6-7,9-10,13H,5,8H2,1-2H3,(H,21,26)(H2,19,22,23,24). The van der Waals surface area contributed by atoms with E-state index in [0.717, 1.165) is 5.69 Å². The van der Waals surface area contributed by atoms with Crippen molar-refractivity contribution in [2.24, 2.45) is 0 Å². The number of H-pyrrole nitrogens is 1. The first-order chi connectivity index (χ1) is 13.5. The van der Waals surface area contributed by atoms with Gasteiger partial charge in [-0.15, -0.1) is 0 Å². The van der Waals surface area contributed by atoms with E-state index < -0.39 is 6.09 Å². The highest BCUT2D eigenvalue weighted by Gasteiger charge is 2.31. The predicted octanol–water partition coefficient (Wildman–Crippen LogP) is 2.81. The quantitative estimate of drug-likeness (QED) is 0.597. The Hall–Kier alpha value is -2.85. The molecule has 2 unspecified atom stereocenters.